The first-order chi connectivity index (χ1) is 10.4. The lowest BCUT2D eigenvalue weighted by Crippen LogP contribution is -2.25. The molecule has 1 saturated carbocycles. The zero-order valence-electron chi connectivity index (χ0n) is 12.7. The van der Waals surface area contributed by atoms with Crippen LogP contribution in [0.1, 0.15) is 35.8 Å². The van der Waals surface area contributed by atoms with Crippen LogP contribution in [0.3, 0.4) is 0 Å². The van der Waals surface area contributed by atoms with Gasteiger partial charge in [-0.3, -0.25) is 4.90 Å². The lowest BCUT2D eigenvalue weighted by atomic mass is 10.1. The van der Waals surface area contributed by atoms with Crippen LogP contribution in [-0.2, 0) is 19.6 Å². The van der Waals surface area contributed by atoms with Crippen LogP contribution in [0.2, 0.25) is 0 Å². The van der Waals surface area contributed by atoms with Gasteiger partial charge in [0.1, 0.15) is 0 Å². The van der Waals surface area contributed by atoms with Gasteiger partial charge in [0.15, 0.2) is 0 Å². The molecule has 1 aliphatic rings. The fraction of sp³-hybridized carbons (Fsp3) is 0.444. The zero-order valence-corrected chi connectivity index (χ0v) is 13.5. The van der Waals surface area contributed by atoms with Crippen molar-refractivity contribution in [2.24, 2.45) is 0 Å². The largest absolute Gasteiger partial charge is 0.313 e. The molecular weight excluding hydrogens is 276 g/mol. The number of thiophene rings is 1. The molecule has 0 saturated heterocycles. The van der Waals surface area contributed by atoms with E-state index < -0.39 is 0 Å². The van der Waals surface area contributed by atoms with Crippen LogP contribution in [0, 0.1) is 0 Å². The molecule has 1 heterocycles. The first-order valence-corrected chi connectivity index (χ1v) is 8.78. The fourth-order valence-electron chi connectivity index (χ4n) is 2.72. The Labute approximate surface area is 131 Å². The van der Waals surface area contributed by atoms with E-state index in [1.807, 2.05) is 11.3 Å². The number of hydrogen-bond donors (Lipinski definition) is 1. The molecule has 0 aliphatic heterocycles. The molecule has 0 bridgehead atoms. The molecule has 1 aromatic carbocycles. The molecule has 0 amide bonds. The van der Waals surface area contributed by atoms with Gasteiger partial charge in [0, 0.05) is 30.6 Å². The molecule has 1 fully saturated rings. The number of nitrogens with zero attached hydrogens (tertiary/aromatic N) is 1. The van der Waals surface area contributed by atoms with Gasteiger partial charge in [0.05, 0.1) is 0 Å². The summed E-state index contributed by atoms with van der Waals surface area (Å²) in [6.45, 7) is 6.33. The molecule has 0 atom stereocenters. The topological polar surface area (TPSA) is 15.3 Å². The summed E-state index contributed by atoms with van der Waals surface area (Å²) in [4.78, 5) is 4.13. The van der Waals surface area contributed by atoms with E-state index in [4.69, 9.17) is 0 Å². The van der Waals surface area contributed by atoms with Gasteiger partial charge in [-0.1, -0.05) is 37.3 Å². The molecule has 0 unspecified atom stereocenters. The van der Waals surface area contributed by atoms with Crippen molar-refractivity contribution in [1.29, 1.82) is 0 Å². The minimum Gasteiger partial charge on any atom is -0.313 e. The summed E-state index contributed by atoms with van der Waals surface area (Å²) in [7, 11) is 0. The summed E-state index contributed by atoms with van der Waals surface area (Å²) in [5.41, 5.74) is 2.91. The van der Waals surface area contributed by atoms with Gasteiger partial charge in [-0.25, -0.2) is 0 Å². The van der Waals surface area contributed by atoms with Crippen molar-refractivity contribution in [3.8, 4) is 0 Å². The van der Waals surface area contributed by atoms with Crippen molar-refractivity contribution in [2.75, 3.05) is 6.54 Å². The molecule has 1 N–H and O–H groups in total. The summed E-state index contributed by atoms with van der Waals surface area (Å²) < 4.78 is 0. The number of benzene rings is 1. The third-order valence-corrected chi connectivity index (χ3v) is 4.92. The second kappa shape index (κ2) is 7.21. The van der Waals surface area contributed by atoms with E-state index in [9.17, 15) is 0 Å². The van der Waals surface area contributed by atoms with E-state index >= 15 is 0 Å². The highest BCUT2D eigenvalue weighted by Crippen LogP contribution is 2.31. The molecule has 112 valence electrons. The van der Waals surface area contributed by atoms with Gasteiger partial charge >= 0.3 is 0 Å². The Kier molecular flexibility index (Phi) is 5.07. The number of nitrogens with one attached hydrogen (secondary N) is 1. The highest BCUT2D eigenvalue weighted by molar-refractivity contribution is 7.09. The van der Waals surface area contributed by atoms with Gasteiger partial charge in [-0.15, -0.1) is 11.3 Å². The maximum atomic E-state index is 3.45. The van der Waals surface area contributed by atoms with Crippen LogP contribution in [0.5, 0.6) is 0 Å². The summed E-state index contributed by atoms with van der Waals surface area (Å²) in [6, 6.07) is 14.1. The van der Waals surface area contributed by atoms with Crippen LogP contribution >= 0.6 is 11.3 Å². The van der Waals surface area contributed by atoms with Crippen LogP contribution in [0.25, 0.3) is 0 Å². The molecule has 21 heavy (non-hydrogen) atoms. The average molecular weight is 300 g/mol. The standard InChI is InChI=1S/C18H24N2S/c1-2-19-12-15-6-3-4-7-16(15)13-20(17-9-10-17)14-18-8-5-11-21-18/h3-8,11,17,19H,2,9-10,12-14H2,1H3. The van der Waals surface area contributed by atoms with Crippen molar-refractivity contribution in [2.45, 2.75) is 45.4 Å². The summed E-state index contributed by atoms with van der Waals surface area (Å²) in [6.07, 6.45) is 2.72. The van der Waals surface area contributed by atoms with E-state index in [-0.39, 0.29) is 0 Å². The Hall–Kier alpha value is -1.16. The monoisotopic (exact) mass is 300 g/mol. The molecule has 3 heteroatoms. The molecule has 0 spiro atoms. The molecule has 0 radical (unpaired) electrons. The van der Waals surface area contributed by atoms with Crippen molar-refractivity contribution in [1.82, 2.24) is 10.2 Å². The lowest BCUT2D eigenvalue weighted by molar-refractivity contribution is 0.247. The minimum absolute atomic E-state index is 0.791. The number of rotatable bonds is 8. The quantitative estimate of drug-likeness (QED) is 0.792. The van der Waals surface area contributed by atoms with Crippen molar-refractivity contribution in [3.05, 3.63) is 57.8 Å². The lowest BCUT2D eigenvalue weighted by Gasteiger charge is -2.23. The Morgan fingerprint density at radius 3 is 2.57 bits per heavy atom. The van der Waals surface area contributed by atoms with Gasteiger partial charge in [-0.05, 0) is 42.0 Å². The Balaban J connectivity index is 1.70. The van der Waals surface area contributed by atoms with Crippen LogP contribution in [0.15, 0.2) is 41.8 Å². The van der Waals surface area contributed by atoms with Gasteiger partial charge in [0.25, 0.3) is 0 Å². The second-order valence-electron chi connectivity index (χ2n) is 5.76. The van der Waals surface area contributed by atoms with E-state index in [2.05, 4.69) is 58.9 Å². The summed E-state index contributed by atoms with van der Waals surface area (Å²) >= 11 is 1.87. The maximum absolute atomic E-state index is 3.45. The van der Waals surface area contributed by atoms with E-state index in [0.29, 0.717) is 0 Å². The molecule has 1 aliphatic carbocycles. The highest BCUT2D eigenvalue weighted by atomic mass is 32.1. The molecule has 3 rings (SSSR count). The van der Waals surface area contributed by atoms with Crippen LogP contribution in [0.4, 0.5) is 0 Å². The molecular formula is C18H24N2S. The second-order valence-corrected chi connectivity index (χ2v) is 6.80. The van der Waals surface area contributed by atoms with Crippen molar-refractivity contribution < 1.29 is 0 Å². The molecule has 2 aromatic rings. The SMILES string of the molecule is CCNCc1ccccc1CN(Cc1cccs1)C1CC1. The first kappa shape index (κ1) is 14.8. The van der Waals surface area contributed by atoms with Gasteiger partial charge < -0.3 is 5.32 Å². The minimum atomic E-state index is 0.791. The number of hydrogen-bond acceptors (Lipinski definition) is 3. The van der Waals surface area contributed by atoms with Gasteiger partial charge in [0.2, 0.25) is 0 Å². The third kappa shape index (κ3) is 4.16. The van der Waals surface area contributed by atoms with E-state index in [1.165, 1.54) is 28.8 Å². The Bertz CT molecular complexity index is 546. The predicted octanol–water partition coefficient (Wildman–Crippen LogP) is 4.02. The maximum Gasteiger partial charge on any atom is 0.0334 e. The van der Waals surface area contributed by atoms with E-state index in [1.54, 1.807) is 0 Å². The van der Waals surface area contributed by atoms with Crippen molar-refractivity contribution >= 4 is 11.3 Å². The molecule has 1 aromatic heterocycles. The average Bonchev–Trinajstić information content (AvgIpc) is 3.23. The van der Waals surface area contributed by atoms with Crippen molar-refractivity contribution in [3.63, 3.8) is 0 Å². The highest BCUT2D eigenvalue weighted by Gasteiger charge is 2.29. The fourth-order valence-corrected chi connectivity index (χ4v) is 3.45. The van der Waals surface area contributed by atoms with Crippen LogP contribution in [-0.4, -0.2) is 17.5 Å². The Morgan fingerprint density at radius 2 is 1.90 bits per heavy atom. The summed E-state index contributed by atoms with van der Waals surface area (Å²) in [5, 5.41) is 5.63. The predicted molar refractivity (Wildman–Crippen MR) is 90.4 cm³/mol. The third-order valence-electron chi connectivity index (χ3n) is 4.06. The first-order valence-electron chi connectivity index (χ1n) is 7.90. The normalized spacial score (nSPS) is 14.8. The van der Waals surface area contributed by atoms with Crippen LogP contribution < -0.4 is 5.32 Å². The molecule has 2 nitrogen and oxygen atoms in total. The summed E-state index contributed by atoms with van der Waals surface area (Å²) in [5.74, 6) is 0. The zero-order chi connectivity index (χ0) is 14.5. The smallest absolute Gasteiger partial charge is 0.0334 e. The Morgan fingerprint density at radius 1 is 1.10 bits per heavy atom. The van der Waals surface area contributed by atoms with E-state index in [0.717, 1.165) is 32.2 Å². The van der Waals surface area contributed by atoms with Gasteiger partial charge in [-0.2, -0.15) is 0 Å².